The second-order valence-corrected chi connectivity index (χ2v) is 7.75. The van der Waals surface area contributed by atoms with E-state index in [1.54, 1.807) is 32.6 Å². The summed E-state index contributed by atoms with van der Waals surface area (Å²) in [7, 11) is 5.15. The Balaban J connectivity index is 1.91. The molecular formula is C23H25N3O2S. The van der Waals surface area contributed by atoms with Crippen molar-refractivity contribution in [2.75, 3.05) is 21.3 Å². The van der Waals surface area contributed by atoms with Gasteiger partial charge < -0.3 is 9.47 Å². The van der Waals surface area contributed by atoms with Crippen LogP contribution in [-0.4, -0.2) is 31.7 Å². The van der Waals surface area contributed by atoms with Crippen molar-refractivity contribution in [2.24, 2.45) is 10.1 Å². The van der Waals surface area contributed by atoms with Gasteiger partial charge in [0, 0.05) is 23.6 Å². The number of rotatable bonds is 4. The average molecular weight is 408 g/mol. The van der Waals surface area contributed by atoms with E-state index < -0.39 is 0 Å². The molecule has 0 atom stereocenters. The fourth-order valence-electron chi connectivity index (χ4n) is 3.73. The maximum atomic E-state index is 5.62. The average Bonchev–Trinajstić information content (AvgIpc) is 3.06. The number of ether oxygens (including phenoxy) is 2. The van der Waals surface area contributed by atoms with E-state index >= 15 is 0 Å². The van der Waals surface area contributed by atoms with Crippen molar-refractivity contribution in [3.63, 3.8) is 0 Å². The van der Waals surface area contributed by atoms with E-state index in [4.69, 9.17) is 14.6 Å². The fraction of sp³-hybridized carbons (Fsp3) is 0.304. The van der Waals surface area contributed by atoms with Crippen LogP contribution in [0.4, 0.5) is 0 Å². The molecule has 0 amide bonds. The summed E-state index contributed by atoms with van der Waals surface area (Å²) in [6, 6.07) is 14.4. The van der Waals surface area contributed by atoms with Crippen LogP contribution < -0.4 is 14.3 Å². The summed E-state index contributed by atoms with van der Waals surface area (Å²) in [5, 5.41) is 7.19. The van der Waals surface area contributed by atoms with Crippen LogP contribution in [0.3, 0.4) is 0 Å². The van der Waals surface area contributed by atoms with Crippen molar-refractivity contribution < 1.29 is 9.47 Å². The minimum atomic E-state index is 0.779. The fourth-order valence-corrected chi connectivity index (χ4v) is 4.52. The molecule has 6 heteroatoms. The number of aromatic nitrogens is 1. The largest absolute Gasteiger partial charge is 0.497 e. The lowest BCUT2D eigenvalue weighted by Gasteiger charge is -2.13. The molecule has 1 heterocycles. The lowest BCUT2D eigenvalue weighted by Crippen LogP contribution is -2.15. The van der Waals surface area contributed by atoms with Gasteiger partial charge >= 0.3 is 0 Å². The molecule has 0 spiro atoms. The number of benzene rings is 2. The summed E-state index contributed by atoms with van der Waals surface area (Å²) in [5.41, 5.74) is 5.60. The van der Waals surface area contributed by atoms with E-state index in [0.29, 0.717) is 0 Å². The lowest BCUT2D eigenvalue weighted by atomic mass is 10.0. The van der Waals surface area contributed by atoms with Crippen LogP contribution in [-0.2, 0) is 6.42 Å². The van der Waals surface area contributed by atoms with E-state index in [1.807, 2.05) is 22.9 Å². The minimum absolute atomic E-state index is 0.779. The van der Waals surface area contributed by atoms with Gasteiger partial charge in [0.25, 0.3) is 0 Å². The molecule has 1 aliphatic carbocycles. The Morgan fingerprint density at radius 3 is 2.59 bits per heavy atom. The van der Waals surface area contributed by atoms with Crippen molar-refractivity contribution in [1.82, 2.24) is 4.68 Å². The van der Waals surface area contributed by atoms with Crippen LogP contribution in [0.5, 0.6) is 11.5 Å². The molecule has 4 rings (SSSR count). The Labute approximate surface area is 175 Å². The second kappa shape index (κ2) is 8.66. The molecule has 29 heavy (non-hydrogen) atoms. The van der Waals surface area contributed by atoms with Crippen LogP contribution >= 0.6 is 11.3 Å². The summed E-state index contributed by atoms with van der Waals surface area (Å²) in [6.07, 6.45) is 4.38. The molecule has 0 aliphatic heterocycles. The van der Waals surface area contributed by atoms with Crippen molar-refractivity contribution >= 4 is 17.0 Å². The van der Waals surface area contributed by atoms with Gasteiger partial charge in [-0.25, -0.2) is 4.68 Å². The van der Waals surface area contributed by atoms with Crippen LogP contribution in [0, 0.1) is 0 Å². The quantitative estimate of drug-likeness (QED) is 0.587. The summed E-state index contributed by atoms with van der Waals surface area (Å²) < 4.78 is 13.0. The molecule has 3 aromatic rings. The molecule has 0 unspecified atom stereocenters. The van der Waals surface area contributed by atoms with Gasteiger partial charge in [0.1, 0.15) is 11.5 Å². The number of nitrogens with zero attached hydrogens (tertiary/aromatic N) is 3. The number of fused-ring (bicyclic) bond motifs is 1. The first-order valence-corrected chi connectivity index (χ1v) is 10.6. The van der Waals surface area contributed by atoms with Crippen LogP contribution in [0.15, 0.2) is 57.9 Å². The molecule has 0 N–H and O–H groups in total. The van der Waals surface area contributed by atoms with E-state index in [2.05, 4.69) is 34.6 Å². The molecule has 2 aromatic carbocycles. The first-order valence-electron chi connectivity index (χ1n) is 9.77. The first-order chi connectivity index (χ1) is 14.2. The summed E-state index contributed by atoms with van der Waals surface area (Å²) >= 11 is 1.57. The topological polar surface area (TPSA) is 48.1 Å². The van der Waals surface area contributed by atoms with Gasteiger partial charge in [0.2, 0.25) is 4.80 Å². The van der Waals surface area contributed by atoms with Gasteiger partial charge in [-0.3, -0.25) is 4.99 Å². The van der Waals surface area contributed by atoms with Gasteiger partial charge in [-0.15, -0.1) is 11.3 Å². The van der Waals surface area contributed by atoms with E-state index in [0.717, 1.165) is 52.5 Å². The number of methoxy groups -OCH3 is 2. The lowest BCUT2D eigenvalue weighted by molar-refractivity contribution is 0.404. The zero-order valence-corrected chi connectivity index (χ0v) is 17.8. The van der Waals surface area contributed by atoms with E-state index in [9.17, 15) is 0 Å². The molecule has 5 nitrogen and oxygen atoms in total. The Bertz CT molecular complexity index is 1110. The van der Waals surface area contributed by atoms with E-state index in [-0.39, 0.29) is 0 Å². The zero-order valence-electron chi connectivity index (χ0n) is 17.0. The monoisotopic (exact) mass is 407 g/mol. The Hall–Kier alpha value is -2.86. The number of hydrogen-bond acceptors (Lipinski definition) is 5. The number of hydrogen-bond donors (Lipinski definition) is 0. The minimum Gasteiger partial charge on any atom is -0.497 e. The standard InChI is InChI=1S/C23H25N3O2S/c1-24-23-26(25-20-11-7-5-9-16-8-4-6-10-18(16)20)21(15-29-23)19-14-17(27-2)12-13-22(19)28-3/h4,6,8,10,12-15H,5,7,9,11H2,1-3H3. The Morgan fingerprint density at radius 2 is 1.79 bits per heavy atom. The van der Waals surface area contributed by atoms with Crippen LogP contribution in [0.2, 0.25) is 0 Å². The van der Waals surface area contributed by atoms with Gasteiger partial charge in [0.15, 0.2) is 0 Å². The van der Waals surface area contributed by atoms with Crippen molar-refractivity contribution in [1.29, 1.82) is 0 Å². The third-order valence-electron chi connectivity index (χ3n) is 5.22. The van der Waals surface area contributed by atoms with Gasteiger partial charge in [0.05, 0.1) is 25.6 Å². The summed E-state index contributed by atoms with van der Waals surface area (Å²) in [6.45, 7) is 0. The highest BCUT2D eigenvalue weighted by molar-refractivity contribution is 7.07. The molecule has 0 saturated carbocycles. The molecular weight excluding hydrogens is 382 g/mol. The highest BCUT2D eigenvalue weighted by Gasteiger charge is 2.17. The maximum absolute atomic E-state index is 5.62. The highest BCUT2D eigenvalue weighted by atomic mass is 32.1. The SMILES string of the molecule is CN=c1scc(-c2cc(OC)ccc2OC)n1N=C1CCCCc2ccccc21. The molecule has 150 valence electrons. The van der Waals surface area contributed by atoms with Crippen LogP contribution in [0.1, 0.15) is 30.4 Å². The second-order valence-electron chi connectivity index (χ2n) is 6.92. The summed E-state index contributed by atoms with van der Waals surface area (Å²) in [5.74, 6) is 1.56. The predicted molar refractivity (Wildman–Crippen MR) is 118 cm³/mol. The van der Waals surface area contributed by atoms with Crippen molar-refractivity contribution in [3.05, 3.63) is 63.8 Å². The Kier molecular flexibility index (Phi) is 5.81. The maximum Gasteiger partial charge on any atom is 0.205 e. The summed E-state index contributed by atoms with van der Waals surface area (Å²) in [4.78, 5) is 5.31. The normalized spacial score (nSPS) is 15.8. The molecule has 0 bridgehead atoms. The molecule has 1 aromatic heterocycles. The number of thiazole rings is 1. The van der Waals surface area contributed by atoms with Gasteiger partial charge in [-0.1, -0.05) is 24.3 Å². The smallest absolute Gasteiger partial charge is 0.205 e. The highest BCUT2D eigenvalue weighted by Crippen LogP contribution is 2.34. The zero-order chi connectivity index (χ0) is 20.2. The number of aryl methyl sites for hydroxylation is 1. The van der Waals surface area contributed by atoms with E-state index in [1.165, 1.54) is 17.5 Å². The molecule has 0 radical (unpaired) electrons. The first kappa shape index (κ1) is 19.5. The van der Waals surface area contributed by atoms with Crippen molar-refractivity contribution in [3.8, 4) is 22.8 Å². The van der Waals surface area contributed by atoms with Crippen molar-refractivity contribution in [2.45, 2.75) is 25.7 Å². The Morgan fingerprint density at radius 1 is 0.966 bits per heavy atom. The van der Waals surface area contributed by atoms with Gasteiger partial charge in [-0.2, -0.15) is 5.10 Å². The third kappa shape index (κ3) is 3.85. The van der Waals surface area contributed by atoms with Gasteiger partial charge in [-0.05, 0) is 49.4 Å². The molecule has 0 fully saturated rings. The predicted octanol–water partition coefficient (Wildman–Crippen LogP) is 4.74. The third-order valence-corrected chi connectivity index (χ3v) is 6.13. The molecule has 0 saturated heterocycles. The van der Waals surface area contributed by atoms with Crippen LogP contribution in [0.25, 0.3) is 11.3 Å². The molecule has 1 aliphatic rings.